The Labute approximate surface area is 162 Å². The molecule has 7 nitrogen and oxygen atoms in total. The molecule has 2 N–H and O–H groups in total. The van der Waals surface area contributed by atoms with Gasteiger partial charge in [-0.1, -0.05) is 12.1 Å². The second-order valence-corrected chi connectivity index (χ2v) is 7.58. The number of unbranched alkanes of at least 4 members (excludes halogenated alkanes) is 1. The van der Waals surface area contributed by atoms with Crippen molar-refractivity contribution in [1.82, 2.24) is 25.4 Å². The van der Waals surface area contributed by atoms with Gasteiger partial charge in [-0.25, -0.2) is 0 Å². The van der Waals surface area contributed by atoms with Crippen LogP contribution in [0.2, 0.25) is 0 Å². The van der Waals surface area contributed by atoms with Crippen molar-refractivity contribution in [3.63, 3.8) is 0 Å². The molecule has 2 aromatic rings. The van der Waals surface area contributed by atoms with Gasteiger partial charge < -0.3 is 19.9 Å². The summed E-state index contributed by atoms with van der Waals surface area (Å²) in [7, 11) is 1.79. The maximum atomic E-state index is 6.12. The number of aromatic nitrogens is 3. The Kier molecular flexibility index (Phi) is 7.64. The molecule has 0 radical (unpaired) electrons. The lowest BCUT2D eigenvalue weighted by molar-refractivity contribution is 0.129. The number of benzene rings is 1. The summed E-state index contributed by atoms with van der Waals surface area (Å²) in [6.45, 7) is 10.7. The van der Waals surface area contributed by atoms with Gasteiger partial charge in [0.25, 0.3) is 0 Å². The highest BCUT2D eigenvalue weighted by atomic mass is 16.5. The fourth-order valence-electron chi connectivity index (χ4n) is 2.60. The Morgan fingerprint density at radius 3 is 2.56 bits per heavy atom. The monoisotopic (exact) mass is 372 g/mol. The second-order valence-electron chi connectivity index (χ2n) is 7.58. The summed E-state index contributed by atoms with van der Waals surface area (Å²) in [5, 5.41) is 14.3. The number of rotatable bonds is 8. The van der Waals surface area contributed by atoms with Crippen molar-refractivity contribution in [3.8, 4) is 5.75 Å². The van der Waals surface area contributed by atoms with Crippen LogP contribution < -0.4 is 15.4 Å². The van der Waals surface area contributed by atoms with Gasteiger partial charge in [0.15, 0.2) is 5.96 Å². The summed E-state index contributed by atoms with van der Waals surface area (Å²) in [5.74, 6) is 1.71. The van der Waals surface area contributed by atoms with Crippen molar-refractivity contribution in [2.75, 3.05) is 13.6 Å². The molecule has 1 aromatic carbocycles. The van der Waals surface area contributed by atoms with Crippen LogP contribution in [0, 0.1) is 6.92 Å². The van der Waals surface area contributed by atoms with Crippen LogP contribution >= 0.6 is 0 Å². The Hall–Kier alpha value is -2.57. The molecular formula is C20H32N6O. The number of aryl methyl sites for hydroxylation is 2. The van der Waals surface area contributed by atoms with Crippen LogP contribution in [0.4, 0.5) is 0 Å². The normalized spacial score (nSPS) is 12.1. The minimum Gasteiger partial charge on any atom is -0.488 e. The van der Waals surface area contributed by atoms with Crippen molar-refractivity contribution >= 4 is 5.96 Å². The first kappa shape index (κ1) is 20.7. The predicted octanol–water partition coefficient (Wildman–Crippen LogP) is 2.91. The molecule has 0 fully saturated rings. The summed E-state index contributed by atoms with van der Waals surface area (Å²) in [4.78, 5) is 4.30. The molecule has 2 rings (SSSR count). The van der Waals surface area contributed by atoms with Gasteiger partial charge in [0.1, 0.15) is 24.0 Å². The summed E-state index contributed by atoms with van der Waals surface area (Å²) < 4.78 is 8.10. The van der Waals surface area contributed by atoms with Gasteiger partial charge in [0, 0.05) is 32.2 Å². The highest BCUT2D eigenvalue weighted by Gasteiger charge is 2.15. The fraction of sp³-hybridized carbons (Fsp3) is 0.550. The minimum atomic E-state index is -0.229. The Morgan fingerprint density at radius 2 is 1.89 bits per heavy atom. The maximum absolute atomic E-state index is 6.12. The van der Waals surface area contributed by atoms with Gasteiger partial charge in [0.2, 0.25) is 0 Å². The van der Waals surface area contributed by atoms with Crippen molar-refractivity contribution in [2.24, 2.45) is 4.99 Å². The lowest BCUT2D eigenvalue weighted by atomic mass is 10.1. The van der Waals surface area contributed by atoms with Crippen LogP contribution in [0.5, 0.6) is 5.75 Å². The van der Waals surface area contributed by atoms with Gasteiger partial charge >= 0.3 is 0 Å². The predicted molar refractivity (Wildman–Crippen MR) is 109 cm³/mol. The molecule has 0 saturated carbocycles. The molecule has 0 unspecified atom stereocenters. The fourth-order valence-corrected chi connectivity index (χ4v) is 2.60. The molecule has 0 aliphatic carbocycles. The molecule has 148 valence electrons. The molecule has 0 aliphatic heterocycles. The number of nitrogens with one attached hydrogen (secondary N) is 2. The van der Waals surface area contributed by atoms with Crippen molar-refractivity contribution in [3.05, 3.63) is 42.0 Å². The topological polar surface area (TPSA) is 76.4 Å². The third-order valence-corrected chi connectivity index (χ3v) is 3.91. The zero-order chi connectivity index (χ0) is 19.7. The van der Waals surface area contributed by atoms with Gasteiger partial charge in [-0.3, -0.25) is 4.99 Å². The highest BCUT2D eigenvalue weighted by molar-refractivity contribution is 5.79. The zero-order valence-electron chi connectivity index (χ0n) is 17.1. The molecule has 1 heterocycles. The van der Waals surface area contributed by atoms with Crippen LogP contribution in [0.1, 0.15) is 44.7 Å². The molecular weight excluding hydrogens is 340 g/mol. The molecule has 27 heavy (non-hydrogen) atoms. The molecule has 0 spiro atoms. The van der Waals surface area contributed by atoms with E-state index in [1.807, 2.05) is 4.57 Å². The van der Waals surface area contributed by atoms with E-state index in [2.05, 4.69) is 71.7 Å². The van der Waals surface area contributed by atoms with Crippen LogP contribution in [0.3, 0.4) is 0 Å². The van der Waals surface area contributed by atoms with E-state index in [0.29, 0.717) is 6.54 Å². The van der Waals surface area contributed by atoms with E-state index >= 15 is 0 Å². The Balaban J connectivity index is 1.79. The van der Waals surface area contributed by atoms with E-state index in [9.17, 15) is 0 Å². The van der Waals surface area contributed by atoms with E-state index in [4.69, 9.17) is 4.74 Å². The number of aliphatic imine (C=N–C) groups is 1. The average Bonchev–Trinajstić information content (AvgIpc) is 3.10. The largest absolute Gasteiger partial charge is 0.488 e. The van der Waals surface area contributed by atoms with E-state index in [0.717, 1.165) is 43.2 Å². The number of hydrogen-bond donors (Lipinski definition) is 2. The third-order valence-electron chi connectivity index (χ3n) is 3.91. The Bertz CT molecular complexity index is 719. The second kappa shape index (κ2) is 9.94. The number of guanidine groups is 1. The first-order valence-electron chi connectivity index (χ1n) is 9.43. The van der Waals surface area contributed by atoms with E-state index in [-0.39, 0.29) is 5.60 Å². The van der Waals surface area contributed by atoms with Crippen LogP contribution in [-0.4, -0.2) is 39.9 Å². The molecule has 0 amide bonds. The smallest absolute Gasteiger partial charge is 0.191 e. The lowest BCUT2D eigenvalue weighted by Crippen LogP contribution is -2.37. The SMILES string of the molecule is CN=C(NCCCCn1cnnc1)NCc1ccc(C)cc1OC(C)(C)C. The molecule has 7 heteroatoms. The standard InChI is InChI=1S/C20H32N6O/c1-16-8-9-17(18(12-16)27-20(2,3)4)13-23-19(21-5)22-10-6-7-11-26-14-24-25-15-26/h8-9,12,14-15H,6-7,10-11,13H2,1-5H3,(H2,21,22,23). The summed E-state index contributed by atoms with van der Waals surface area (Å²) in [6.07, 6.45) is 5.59. The van der Waals surface area contributed by atoms with Crippen LogP contribution in [0.15, 0.2) is 35.8 Å². The average molecular weight is 373 g/mol. The minimum absolute atomic E-state index is 0.229. The first-order valence-corrected chi connectivity index (χ1v) is 9.43. The summed E-state index contributed by atoms with van der Waals surface area (Å²) >= 11 is 0. The van der Waals surface area contributed by atoms with E-state index in [1.54, 1.807) is 19.7 Å². The number of ether oxygens (including phenoxy) is 1. The first-order chi connectivity index (χ1) is 12.9. The van der Waals surface area contributed by atoms with Gasteiger partial charge in [0.05, 0.1) is 0 Å². The molecule has 0 aliphatic rings. The quantitative estimate of drug-likeness (QED) is 0.423. The summed E-state index contributed by atoms with van der Waals surface area (Å²) in [5.41, 5.74) is 2.08. The van der Waals surface area contributed by atoms with Crippen LogP contribution in [0.25, 0.3) is 0 Å². The third kappa shape index (κ3) is 7.68. The van der Waals surface area contributed by atoms with E-state index in [1.165, 1.54) is 5.56 Å². The van der Waals surface area contributed by atoms with Crippen LogP contribution in [-0.2, 0) is 13.1 Å². The Morgan fingerprint density at radius 1 is 1.15 bits per heavy atom. The highest BCUT2D eigenvalue weighted by Crippen LogP contribution is 2.24. The van der Waals surface area contributed by atoms with Gasteiger partial charge in [-0.2, -0.15) is 0 Å². The van der Waals surface area contributed by atoms with Crippen molar-refractivity contribution < 1.29 is 4.74 Å². The molecule has 0 bridgehead atoms. The molecule has 0 atom stereocenters. The maximum Gasteiger partial charge on any atom is 0.191 e. The van der Waals surface area contributed by atoms with Gasteiger partial charge in [-0.15, -0.1) is 10.2 Å². The van der Waals surface area contributed by atoms with Crippen molar-refractivity contribution in [1.29, 1.82) is 0 Å². The molecule has 1 aromatic heterocycles. The van der Waals surface area contributed by atoms with Crippen molar-refractivity contribution in [2.45, 2.75) is 59.2 Å². The lowest BCUT2D eigenvalue weighted by Gasteiger charge is -2.24. The van der Waals surface area contributed by atoms with Gasteiger partial charge in [-0.05, 0) is 52.2 Å². The number of nitrogens with zero attached hydrogens (tertiary/aromatic N) is 4. The molecule has 0 saturated heterocycles. The van der Waals surface area contributed by atoms with E-state index < -0.39 is 0 Å². The zero-order valence-corrected chi connectivity index (χ0v) is 17.1. The summed E-state index contributed by atoms with van der Waals surface area (Å²) in [6, 6.07) is 6.30. The number of hydrogen-bond acceptors (Lipinski definition) is 4.